The van der Waals surface area contributed by atoms with Crippen molar-refractivity contribution in [2.75, 3.05) is 5.32 Å². The van der Waals surface area contributed by atoms with Gasteiger partial charge in [0.1, 0.15) is 11.0 Å². The first-order valence-corrected chi connectivity index (χ1v) is 6.66. The van der Waals surface area contributed by atoms with E-state index in [1.54, 1.807) is 12.1 Å². The molecule has 0 saturated carbocycles. The van der Waals surface area contributed by atoms with Crippen molar-refractivity contribution < 1.29 is 4.39 Å². The monoisotopic (exact) mass is 306 g/mol. The molecule has 0 aliphatic carbocycles. The molecule has 2 aromatic carbocycles. The molecule has 0 fully saturated rings. The van der Waals surface area contributed by atoms with Crippen molar-refractivity contribution in [3.8, 4) is 0 Å². The maximum atomic E-state index is 13.2. The molecule has 1 N–H and O–H groups in total. The topological polar surface area (TPSA) is 24.9 Å². The van der Waals surface area contributed by atoms with Gasteiger partial charge in [-0.3, -0.25) is 0 Å². The van der Waals surface area contributed by atoms with Crippen molar-refractivity contribution in [3.05, 3.63) is 64.5 Å². The van der Waals surface area contributed by atoms with Crippen LogP contribution < -0.4 is 5.32 Å². The molecule has 0 aliphatic rings. The zero-order valence-corrected chi connectivity index (χ0v) is 11.7. The second kappa shape index (κ2) is 5.27. The van der Waals surface area contributed by atoms with Crippen LogP contribution in [-0.4, -0.2) is 4.98 Å². The summed E-state index contributed by atoms with van der Waals surface area (Å²) in [6, 6.07) is 13.8. The summed E-state index contributed by atoms with van der Waals surface area (Å²) in [6.45, 7) is 0. The van der Waals surface area contributed by atoms with Crippen LogP contribution in [0.15, 0.2) is 48.5 Å². The smallest absolute Gasteiger partial charge is 0.141 e. The van der Waals surface area contributed by atoms with E-state index in [2.05, 4.69) is 10.3 Å². The van der Waals surface area contributed by atoms with Gasteiger partial charge in [-0.05, 0) is 30.3 Å². The van der Waals surface area contributed by atoms with Crippen molar-refractivity contribution >= 4 is 45.5 Å². The van der Waals surface area contributed by atoms with Crippen molar-refractivity contribution in [1.29, 1.82) is 0 Å². The average Bonchev–Trinajstić information content (AvgIpc) is 2.43. The quantitative estimate of drug-likeness (QED) is 0.639. The molecule has 0 aliphatic heterocycles. The van der Waals surface area contributed by atoms with Crippen molar-refractivity contribution in [1.82, 2.24) is 4.98 Å². The highest BCUT2D eigenvalue weighted by atomic mass is 35.5. The number of pyridine rings is 1. The third kappa shape index (κ3) is 2.55. The number of halogens is 3. The predicted octanol–water partition coefficient (Wildman–Crippen LogP) is 5.42. The van der Waals surface area contributed by atoms with Crippen LogP contribution in [0.25, 0.3) is 10.9 Å². The summed E-state index contributed by atoms with van der Waals surface area (Å²) in [7, 11) is 0. The number of aromatic nitrogens is 1. The molecule has 0 radical (unpaired) electrons. The van der Waals surface area contributed by atoms with Gasteiger partial charge in [0.25, 0.3) is 0 Å². The van der Waals surface area contributed by atoms with E-state index in [4.69, 9.17) is 23.2 Å². The van der Waals surface area contributed by atoms with Crippen LogP contribution in [0.4, 0.5) is 15.8 Å². The molecule has 100 valence electrons. The number of rotatable bonds is 2. The molecule has 3 aromatic rings. The third-order valence-electron chi connectivity index (χ3n) is 2.88. The average molecular weight is 307 g/mol. The molecule has 5 heteroatoms. The molecule has 0 bridgehead atoms. The minimum Gasteiger partial charge on any atom is -0.355 e. The number of nitrogens with one attached hydrogen (secondary N) is 1. The van der Waals surface area contributed by atoms with Gasteiger partial charge >= 0.3 is 0 Å². The number of benzene rings is 2. The maximum absolute atomic E-state index is 13.2. The number of fused-ring (bicyclic) bond motifs is 1. The van der Waals surface area contributed by atoms with Gasteiger partial charge in [0, 0.05) is 11.1 Å². The van der Waals surface area contributed by atoms with Crippen molar-refractivity contribution in [2.45, 2.75) is 0 Å². The molecule has 3 rings (SSSR count). The lowest BCUT2D eigenvalue weighted by atomic mass is 10.2. The van der Waals surface area contributed by atoms with E-state index in [0.717, 1.165) is 16.6 Å². The Hall–Kier alpha value is -1.84. The fourth-order valence-electron chi connectivity index (χ4n) is 1.98. The van der Waals surface area contributed by atoms with Gasteiger partial charge in [-0.25, -0.2) is 9.37 Å². The summed E-state index contributed by atoms with van der Waals surface area (Å²) in [5.41, 5.74) is 2.27. The van der Waals surface area contributed by atoms with E-state index in [-0.39, 0.29) is 5.02 Å². The SMILES string of the molecule is Fc1ccc(Nc2cc(Cl)nc3ccccc23)cc1Cl. The summed E-state index contributed by atoms with van der Waals surface area (Å²) in [4.78, 5) is 4.25. The summed E-state index contributed by atoms with van der Waals surface area (Å²) < 4.78 is 13.2. The molecule has 1 heterocycles. The van der Waals surface area contributed by atoms with E-state index in [9.17, 15) is 4.39 Å². The molecule has 0 spiro atoms. The molecular weight excluding hydrogens is 298 g/mol. The Morgan fingerprint density at radius 2 is 1.80 bits per heavy atom. The predicted molar refractivity (Wildman–Crippen MR) is 81.4 cm³/mol. The number of nitrogens with zero attached hydrogens (tertiary/aromatic N) is 1. The van der Waals surface area contributed by atoms with Crippen molar-refractivity contribution in [3.63, 3.8) is 0 Å². The Bertz CT molecular complexity index is 790. The minimum atomic E-state index is -0.449. The number of para-hydroxylation sites is 1. The van der Waals surface area contributed by atoms with Gasteiger partial charge in [-0.1, -0.05) is 41.4 Å². The van der Waals surface area contributed by atoms with E-state index in [0.29, 0.717) is 10.8 Å². The van der Waals surface area contributed by atoms with E-state index >= 15 is 0 Å². The van der Waals surface area contributed by atoms with Crippen LogP contribution in [0.2, 0.25) is 10.2 Å². The van der Waals surface area contributed by atoms with Gasteiger partial charge in [0.05, 0.1) is 16.2 Å². The van der Waals surface area contributed by atoms with E-state index < -0.39 is 5.82 Å². The molecule has 1 aromatic heterocycles. The summed E-state index contributed by atoms with van der Waals surface area (Å²) >= 11 is 11.8. The standard InChI is InChI=1S/C15H9Cl2FN2/c16-11-7-9(5-6-12(11)18)19-14-8-15(17)20-13-4-2-1-3-10(13)14/h1-8H,(H,19,20). The van der Waals surface area contributed by atoms with Crippen LogP contribution in [0, 0.1) is 5.82 Å². The summed E-state index contributed by atoms with van der Waals surface area (Å²) in [5, 5.41) is 4.57. The summed E-state index contributed by atoms with van der Waals surface area (Å²) in [6.07, 6.45) is 0. The van der Waals surface area contributed by atoms with Gasteiger partial charge in [-0.15, -0.1) is 0 Å². The molecule has 2 nitrogen and oxygen atoms in total. The van der Waals surface area contributed by atoms with Crippen LogP contribution in [0.1, 0.15) is 0 Å². The minimum absolute atomic E-state index is 0.0689. The van der Waals surface area contributed by atoms with Crippen LogP contribution >= 0.6 is 23.2 Å². The molecule has 20 heavy (non-hydrogen) atoms. The van der Waals surface area contributed by atoms with Crippen LogP contribution in [0.3, 0.4) is 0 Å². The Morgan fingerprint density at radius 1 is 1.00 bits per heavy atom. The highest BCUT2D eigenvalue weighted by Crippen LogP contribution is 2.29. The number of anilines is 2. The highest BCUT2D eigenvalue weighted by Gasteiger charge is 2.06. The fourth-order valence-corrected chi connectivity index (χ4v) is 2.36. The summed E-state index contributed by atoms with van der Waals surface area (Å²) in [5.74, 6) is -0.449. The second-order valence-electron chi connectivity index (χ2n) is 4.26. The zero-order valence-electron chi connectivity index (χ0n) is 10.2. The van der Waals surface area contributed by atoms with Gasteiger partial charge < -0.3 is 5.32 Å². The first-order chi connectivity index (χ1) is 9.63. The first-order valence-electron chi connectivity index (χ1n) is 5.91. The molecule has 0 atom stereocenters. The van der Waals surface area contributed by atoms with Crippen LogP contribution in [-0.2, 0) is 0 Å². The second-order valence-corrected chi connectivity index (χ2v) is 5.06. The fraction of sp³-hybridized carbons (Fsp3) is 0. The van der Waals surface area contributed by atoms with E-state index in [1.165, 1.54) is 12.1 Å². The maximum Gasteiger partial charge on any atom is 0.141 e. The molecule has 0 saturated heterocycles. The van der Waals surface area contributed by atoms with Crippen LogP contribution in [0.5, 0.6) is 0 Å². The van der Waals surface area contributed by atoms with Gasteiger partial charge in [-0.2, -0.15) is 0 Å². The van der Waals surface area contributed by atoms with E-state index in [1.807, 2.05) is 24.3 Å². The lowest BCUT2D eigenvalue weighted by Gasteiger charge is -2.10. The Kier molecular flexibility index (Phi) is 3.47. The number of hydrogen-bond donors (Lipinski definition) is 1. The Balaban J connectivity index is 2.07. The third-order valence-corrected chi connectivity index (χ3v) is 3.37. The van der Waals surface area contributed by atoms with Gasteiger partial charge in [0.15, 0.2) is 0 Å². The lowest BCUT2D eigenvalue weighted by molar-refractivity contribution is 0.628. The molecule has 0 amide bonds. The Morgan fingerprint density at radius 3 is 2.60 bits per heavy atom. The molecule has 0 unspecified atom stereocenters. The Labute approximate surface area is 125 Å². The lowest BCUT2D eigenvalue weighted by Crippen LogP contribution is -1.94. The normalized spacial score (nSPS) is 10.8. The number of hydrogen-bond acceptors (Lipinski definition) is 2. The van der Waals surface area contributed by atoms with Gasteiger partial charge in [0.2, 0.25) is 0 Å². The highest BCUT2D eigenvalue weighted by molar-refractivity contribution is 6.31. The largest absolute Gasteiger partial charge is 0.355 e. The zero-order chi connectivity index (χ0) is 14.1. The molecular formula is C15H9Cl2FN2. The van der Waals surface area contributed by atoms with Crippen molar-refractivity contribution in [2.24, 2.45) is 0 Å². The first kappa shape index (κ1) is 13.2.